The fourth-order valence-electron chi connectivity index (χ4n) is 5.51. The highest BCUT2D eigenvalue weighted by Gasteiger charge is 2.30. The summed E-state index contributed by atoms with van der Waals surface area (Å²) in [6, 6.07) is 21.4. The number of imidazole rings is 1. The molecule has 1 unspecified atom stereocenters. The number of hydrogen-bond acceptors (Lipinski definition) is 3. The number of H-pyrrole nitrogens is 1. The van der Waals surface area contributed by atoms with Crippen molar-refractivity contribution in [1.82, 2.24) is 19.8 Å². The van der Waals surface area contributed by atoms with Crippen LogP contribution in [0.15, 0.2) is 66.7 Å². The molecule has 0 spiro atoms. The Morgan fingerprint density at radius 3 is 2.51 bits per heavy atom. The van der Waals surface area contributed by atoms with Crippen molar-refractivity contribution in [1.29, 1.82) is 0 Å². The molecule has 1 N–H and O–H groups in total. The number of unbranched alkanes of at least 4 members (excludes halogenated alkanes) is 1. The molecule has 0 bridgehead atoms. The second kappa shape index (κ2) is 13.0. The van der Waals surface area contributed by atoms with E-state index in [-0.39, 0.29) is 11.9 Å². The molecule has 39 heavy (non-hydrogen) atoms. The maximum absolute atomic E-state index is 14.2. The van der Waals surface area contributed by atoms with E-state index in [0.29, 0.717) is 28.6 Å². The van der Waals surface area contributed by atoms with E-state index in [1.54, 1.807) is 18.2 Å². The van der Waals surface area contributed by atoms with Crippen molar-refractivity contribution < 1.29 is 4.79 Å². The number of carbonyl (C=O) groups is 1. The van der Waals surface area contributed by atoms with Gasteiger partial charge in [0.1, 0.15) is 5.82 Å². The smallest absolute Gasteiger partial charge is 0.256 e. The van der Waals surface area contributed by atoms with Crippen LogP contribution >= 0.6 is 23.2 Å². The van der Waals surface area contributed by atoms with Crippen molar-refractivity contribution in [2.24, 2.45) is 0 Å². The van der Waals surface area contributed by atoms with Crippen LogP contribution < -0.4 is 0 Å². The number of piperidine rings is 1. The summed E-state index contributed by atoms with van der Waals surface area (Å²) in [6.07, 6.45) is 6.30. The predicted molar refractivity (Wildman–Crippen MR) is 161 cm³/mol. The molecule has 1 aliphatic rings. The Labute approximate surface area is 241 Å². The van der Waals surface area contributed by atoms with Crippen LogP contribution in [0, 0.1) is 0 Å². The van der Waals surface area contributed by atoms with Crippen molar-refractivity contribution in [2.45, 2.75) is 58.0 Å². The average Bonchev–Trinajstić information content (AvgIpc) is 3.39. The lowest BCUT2D eigenvalue weighted by molar-refractivity contribution is 0.0663. The fraction of sp³-hybridized carbons (Fsp3) is 0.375. The van der Waals surface area contributed by atoms with Crippen molar-refractivity contribution in [3.05, 3.63) is 99.3 Å². The van der Waals surface area contributed by atoms with E-state index in [4.69, 9.17) is 28.2 Å². The molecular weight excluding hydrogens is 527 g/mol. The quantitative estimate of drug-likeness (QED) is 0.212. The Hall–Kier alpha value is -2.86. The zero-order valence-corrected chi connectivity index (χ0v) is 24.0. The Balaban J connectivity index is 1.56. The highest BCUT2D eigenvalue weighted by atomic mass is 35.5. The first kappa shape index (κ1) is 27.7. The van der Waals surface area contributed by atoms with Gasteiger partial charge in [-0.05, 0) is 73.8 Å². The maximum Gasteiger partial charge on any atom is 0.256 e. The minimum absolute atomic E-state index is 0.130. The Bertz CT molecular complexity index is 1380. The molecule has 5 nitrogen and oxygen atoms in total. The first-order valence-corrected chi connectivity index (χ1v) is 14.8. The first-order valence-electron chi connectivity index (χ1n) is 14.0. The maximum atomic E-state index is 14.2. The minimum atomic E-state index is -0.297. The molecule has 1 atom stereocenters. The van der Waals surface area contributed by atoms with E-state index >= 15 is 0 Å². The van der Waals surface area contributed by atoms with Crippen molar-refractivity contribution in [3.8, 4) is 0 Å². The standard InChI is InChI=1S/C32H36Cl2N4O/c1-2-3-19-38(32(39)26-21-25(33)15-16-27(26)34)30(31-35-28-13-7-8-14-29(28)36-31)20-23-11-5-6-12-24(23)22-37-17-9-4-10-18-37/h5-8,11-16,21,30H,2-4,9-10,17-20,22H2,1H3,(H,35,36). The number of hydrogen-bond donors (Lipinski definition) is 1. The zero-order chi connectivity index (χ0) is 27.2. The number of halogens is 2. The van der Waals surface area contributed by atoms with Gasteiger partial charge in [-0.25, -0.2) is 4.98 Å². The third-order valence-electron chi connectivity index (χ3n) is 7.65. The number of benzene rings is 3. The van der Waals surface area contributed by atoms with Gasteiger partial charge < -0.3 is 9.88 Å². The average molecular weight is 564 g/mol. The topological polar surface area (TPSA) is 52.2 Å². The molecule has 3 aromatic carbocycles. The van der Waals surface area contributed by atoms with Gasteiger partial charge in [-0.15, -0.1) is 0 Å². The molecular formula is C32H36Cl2N4O. The number of para-hydroxylation sites is 2. The highest BCUT2D eigenvalue weighted by molar-refractivity contribution is 6.35. The second-order valence-electron chi connectivity index (χ2n) is 10.4. The number of likely N-dealkylation sites (tertiary alicyclic amines) is 1. The van der Waals surface area contributed by atoms with Crippen LogP contribution in [0.1, 0.15) is 72.4 Å². The summed E-state index contributed by atoms with van der Waals surface area (Å²) in [6.45, 7) is 5.92. The van der Waals surface area contributed by atoms with Crippen LogP contribution in [0.3, 0.4) is 0 Å². The van der Waals surface area contributed by atoms with E-state index in [1.807, 2.05) is 29.2 Å². The zero-order valence-electron chi connectivity index (χ0n) is 22.5. The van der Waals surface area contributed by atoms with Crippen molar-refractivity contribution in [2.75, 3.05) is 19.6 Å². The summed E-state index contributed by atoms with van der Waals surface area (Å²) in [5.74, 6) is 0.654. The predicted octanol–water partition coefficient (Wildman–Crippen LogP) is 8.08. The number of amides is 1. The lowest BCUT2D eigenvalue weighted by atomic mass is 9.97. The van der Waals surface area contributed by atoms with Gasteiger partial charge in [0, 0.05) is 24.5 Å². The summed E-state index contributed by atoms with van der Waals surface area (Å²) in [7, 11) is 0. The molecule has 1 aromatic heterocycles. The molecule has 4 aromatic rings. The number of carbonyl (C=O) groups excluding carboxylic acids is 1. The molecule has 5 rings (SSSR count). The van der Waals surface area contributed by atoms with Gasteiger partial charge in [0.15, 0.2) is 0 Å². The monoisotopic (exact) mass is 562 g/mol. The molecule has 204 valence electrons. The number of fused-ring (bicyclic) bond motifs is 1. The largest absolute Gasteiger partial charge is 0.340 e. The van der Waals surface area contributed by atoms with E-state index < -0.39 is 0 Å². The normalized spacial score (nSPS) is 14.9. The second-order valence-corrected chi connectivity index (χ2v) is 11.3. The molecule has 7 heteroatoms. The van der Waals surface area contributed by atoms with Crippen LogP contribution in [0.4, 0.5) is 0 Å². The Morgan fingerprint density at radius 2 is 1.74 bits per heavy atom. The van der Waals surface area contributed by atoms with Gasteiger partial charge in [0.05, 0.1) is 27.7 Å². The summed E-state index contributed by atoms with van der Waals surface area (Å²) >= 11 is 12.9. The van der Waals surface area contributed by atoms with Crippen molar-refractivity contribution >= 4 is 40.1 Å². The minimum Gasteiger partial charge on any atom is -0.340 e. The third kappa shape index (κ3) is 6.66. The Kier molecular flexibility index (Phi) is 9.23. The van der Waals surface area contributed by atoms with Gasteiger partial charge >= 0.3 is 0 Å². The van der Waals surface area contributed by atoms with Gasteiger partial charge in [-0.2, -0.15) is 0 Å². The molecule has 0 aliphatic carbocycles. The SMILES string of the molecule is CCCCN(C(=O)c1cc(Cl)ccc1Cl)C(Cc1ccccc1CN1CCCCC1)c1nc2ccccc2[nH]1. The summed E-state index contributed by atoms with van der Waals surface area (Å²) in [5.41, 5.74) is 4.82. The molecule has 1 fully saturated rings. The number of nitrogens with one attached hydrogen (secondary N) is 1. The number of nitrogens with zero attached hydrogens (tertiary/aromatic N) is 3. The molecule has 1 saturated heterocycles. The molecule has 0 radical (unpaired) electrons. The molecule has 1 aliphatic heterocycles. The van der Waals surface area contributed by atoms with Crippen LogP contribution in [-0.4, -0.2) is 45.3 Å². The van der Waals surface area contributed by atoms with E-state index in [2.05, 4.69) is 41.1 Å². The van der Waals surface area contributed by atoms with Gasteiger partial charge in [-0.3, -0.25) is 9.69 Å². The Morgan fingerprint density at radius 1 is 1.00 bits per heavy atom. The molecule has 1 amide bonds. The van der Waals surface area contributed by atoms with Crippen LogP contribution in [-0.2, 0) is 13.0 Å². The first-order chi connectivity index (χ1) is 19.0. The van der Waals surface area contributed by atoms with E-state index in [1.165, 1.54) is 30.4 Å². The molecule has 0 saturated carbocycles. The van der Waals surface area contributed by atoms with Crippen LogP contribution in [0.2, 0.25) is 10.0 Å². The van der Waals surface area contributed by atoms with E-state index in [9.17, 15) is 4.79 Å². The lowest BCUT2D eigenvalue weighted by Gasteiger charge is -2.32. The summed E-state index contributed by atoms with van der Waals surface area (Å²) in [4.78, 5) is 27.2. The van der Waals surface area contributed by atoms with Crippen LogP contribution in [0.5, 0.6) is 0 Å². The molecule has 2 heterocycles. The summed E-state index contributed by atoms with van der Waals surface area (Å²) in [5, 5.41) is 0.894. The number of aromatic amines is 1. The van der Waals surface area contributed by atoms with Crippen molar-refractivity contribution in [3.63, 3.8) is 0 Å². The van der Waals surface area contributed by atoms with Gasteiger partial charge in [0.25, 0.3) is 5.91 Å². The van der Waals surface area contributed by atoms with Gasteiger partial charge in [0.2, 0.25) is 0 Å². The number of rotatable bonds is 10. The van der Waals surface area contributed by atoms with E-state index in [0.717, 1.165) is 49.3 Å². The van der Waals surface area contributed by atoms with Gasteiger partial charge in [-0.1, -0.05) is 79.4 Å². The number of aromatic nitrogens is 2. The summed E-state index contributed by atoms with van der Waals surface area (Å²) < 4.78 is 0. The van der Waals surface area contributed by atoms with Crippen LogP contribution in [0.25, 0.3) is 11.0 Å². The lowest BCUT2D eigenvalue weighted by Crippen LogP contribution is -2.38. The third-order valence-corrected chi connectivity index (χ3v) is 8.21. The fourth-order valence-corrected chi connectivity index (χ4v) is 5.88. The highest BCUT2D eigenvalue weighted by Crippen LogP contribution is 2.31.